The number of aromatic nitrogens is 2. The van der Waals surface area contributed by atoms with E-state index < -0.39 is 4.92 Å². The molecule has 0 radical (unpaired) electrons. The summed E-state index contributed by atoms with van der Waals surface area (Å²) in [6, 6.07) is 12.4. The highest BCUT2D eigenvalue weighted by atomic mass is 32.1. The lowest BCUT2D eigenvalue weighted by Crippen LogP contribution is -2.12. The maximum atomic E-state index is 12.3. The van der Waals surface area contributed by atoms with Crippen LogP contribution in [0.4, 0.5) is 16.5 Å². The van der Waals surface area contributed by atoms with Crippen LogP contribution in [-0.4, -0.2) is 26.9 Å². The normalized spacial score (nSPS) is 10.3. The summed E-state index contributed by atoms with van der Waals surface area (Å²) in [5.41, 5.74) is 1.67. The Bertz CT molecular complexity index is 1020. The number of amides is 2. The summed E-state index contributed by atoms with van der Waals surface area (Å²) in [6.45, 7) is 1.75. The fraction of sp³-hybridized carbons (Fsp3) is 0.111. The summed E-state index contributed by atoms with van der Waals surface area (Å²) in [6.07, 6.45) is 0.371. The van der Waals surface area contributed by atoms with Crippen LogP contribution in [0.25, 0.3) is 10.6 Å². The third-order valence-electron chi connectivity index (χ3n) is 3.72. The average Bonchev–Trinajstić information content (AvgIpc) is 3.17. The van der Waals surface area contributed by atoms with Crippen molar-refractivity contribution in [2.24, 2.45) is 0 Å². The van der Waals surface area contributed by atoms with Crippen LogP contribution < -0.4 is 10.6 Å². The van der Waals surface area contributed by atoms with E-state index in [-0.39, 0.29) is 17.5 Å². The van der Waals surface area contributed by atoms with Gasteiger partial charge in [-0.15, -0.1) is 10.2 Å². The molecular formula is C18H15N5O4S. The van der Waals surface area contributed by atoms with E-state index in [2.05, 4.69) is 20.8 Å². The van der Waals surface area contributed by atoms with Gasteiger partial charge in [0, 0.05) is 35.4 Å². The molecule has 28 heavy (non-hydrogen) atoms. The summed E-state index contributed by atoms with van der Waals surface area (Å²) in [5.74, 6) is -0.468. The smallest absolute Gasteiger partial charge is 0.269 e. The number of rotatable bonds is 6. The molecule has 0 fully saturated rings. The Morgan fingerprint density at radius 3 is 2.32 bits per heavy atom. The van der Waals surface area contributed by atoms with Crippen LogP contribution in [0.1, 0.15) is 23.7 Å². The Morgan fingerprint density at radius 1 is 1.04 bits per heavy atom. The van der Waals surface area contributed by atoms with Crippen LogP contribution in [0, 0.1) is 10.1 Å². The van der Waals surface area contributed by atoms with E-state index in [1.807, 2.05) is 0 Å². The van der Waals surface area contributed by atoms with Crippen molar-refractivity contribution in [3.05, 3.63) is 64.2 Å². The Hall–Kier alpha value is -3.66. The zero-order valence-electron chi connectivity index (χ0n) is 14.7. The fourth-order valence-electron chi connectivity index (χ4n) is 2.24. The highest BCUT2D eigenvalue weighted by molar-refractivity contribution is 7.18. The maximum absolute atomic E-state index is 12.3. The minimum Gasteiger partial charge on any atom is -0.326 e. The zero-order valence-corrected chi connectivity index (χ0v) is 15.5. The van der Waals surface area contributed by atoms with Gasteiger partial charge in [-0.2, -0.15) is 0 Å². The van der Waals surface area contributed by atoms with Gasteiger partial charge >= 0.3 is 0 Å². The number of anilines is 2. The highest BCUT2D eigenvalue weighted by Crippen LogP contribution is 2.28. The van der Waals surface area contributed by atoms with E-state index in [1.54, 1.807) is 43.3 Å². The molecule has 2 amide bonds. The van der Waals surface area contributed by atoms with Crippen LogP contribution in [0.5, 0.6) is 0 Å². The second-order valence-electron chi connectivity index (χ2n) is 5.65. The quantitative estimate of drug-likeness (QED) is 0.482. The number of nitrogens with zero attached hydrogens (tertiary/aromatic N) is 3. The molecule has 2 aromatic carbocycles. The van der Waals surface area contributed by atoms with E-state index in [1.165, 1.54) is 12.1 Å². The molecule has 0 atom stereocenters. The summed E-state index contributed by atoms with van der Waals surface area (Å²) in [5, 5.41) is 24.8. The highest BCUT2D eigenvalue weighted by Gasteiger charge is 2.13. The number of carbonyl (C=O) groups excluding carboxylic acids is 2. The molecule has 0 unspecified atom stereocenters. The van der Waals surface area contributed by atoms with Crippen molar-refractivity contribution in [3.63, 3.8) is 0 Å². The molecule has 0 aliphatic carbocycles. The van der Waals surface area contributed by atoms with Crippen LogP contribution in [0.2, 0.25) is 0 Å². The van der Waals surface area contributed by atoms with Gasteiger partial charge in [0.2, 0.25) is 11.0 Å². The molecule has 1 aromatic heterocycles. The largest absolute Gasteiger partial charge is 0.326 e. The number of nitro groups is 1. The first-order valence-electron chi connectivity index (χ1n) is 8.26. The number of carbonyl (C=O) groups is 2. The monoisotopic (exact) mass is 397 g/mol. The second kappa shape index (κ2) is 8.35. The van der Waals surface area contributed by atoms with Crippen molar-refractivity contribution in [1.82, 2.24) is 10.2 Å². The molecular weight excluding hydrogens is 382 g/mol. The van der Waals surface area contributed by atoms with Crippen molar-refractivity contribution in [2.75, 3.05) is 10.6 Å². The van der Waals surface area contributed by atoms with E-state index in [4.69, 9.17) is 0 Å². The van der Waals surface area contributed by atoms with Gasteiger partial charge < -0.3 is 5.32 Å². The molecule has 3 aromatic rings. The third kappa shape index (κ3) is 4.54. The molecule has 0 saturated carbocycles. The van der Waals surface area contributed by atoms with Crippen molar-refractivity contribution in [3.8, 4) is 10.6 Å². The van der Waals surface area contributed by atoms with Gasteiger partial charge in [-0.3, -0.25) is 25.0 Å². The number of hydrogen-bond acceptors (Lipinski definition) is 7. The van der Waals surface area contributed by atoms with Crippen molar-refractivity contribution in [1.29, 1.82) is 0 Å². The van der Waals surface area contributed by atoms with Gasteiger partial charge in [-0.05, 0) is 36.4 Å². The summed E-state index contributed by atoms with van der Waals surface area (Å²) in [4.78, 5) is 33.9. The topological polar surface area (TPSA) is 127 Å². The molecule has 0 aliphatic rings. The molecule has 9 nitrogen and oxygen atoms in total. The fourth-order valence-corrected chi connectivity index (χ4v) is 2.98. The Balaban J connectivity index is 1.66. The lowest BCUT2D eigenvalue weighted by Gasteiger charge is -2.05. The minimum atomic E-state index is -0.478. The standard InChI is InChI=1S/C18H15N5O4S/c1-2-15(24)19-13-7-3-11(4-8-13)16(25)20-18-22-21-17(28-18)12-5-9-14(10-6-12)23(26)27/h3-10H,2H2,1H3,(H,19,24)(H,20,22,25). The SMILES string of the molecule is CCC(=O)Nc1ccc(C(=O)Nc2nnc(-c3ccc([N+](=O)[O-])cc3)s2)cc1. The molecule has 0 saturated heterocycles. The Kier molecular flexibility index (Phi) is 5.70. The second-order valence-corrected chi connectivity index (χ2v) is 6.63. The minimum absolute atomic E-state index is 0.0136. The van der Waals surface area contributed by atoms with Gasteiger partial charge in [0.1, 0.15) is 5.01 Å². The van der Waals surface area contributed by atoms with E-state index in [0.29, 0.717) is 33.4 Å². The Labute approximate surface area is 163 Å². The molecule has 3 rings (SSSR count). The van der Waals surface area contributed by atoms with Gasteiger partial charge in [-0.25, -0.2) is 0 Å². The lowest BCUT2D eigenvalue weighted by molar-refractivity contribution is -0.384. The molecule has 2 N–H and O–H groups in total. The third-order valence-corrected chi connectivity index (χ3v) is 4.61. The van der Waals surface area contributed by atoms with Gasteiger partial charge in [0.05, 0.1) is 4.92 Å². The number of benzene rings is 2. The number of non-ortho nitro benzene ring substituents is 1. The zero-order chi connectivity index (χ0) is 20.1. The maximum Gasteiger partial charge on any atom is 0.269 e. The first kappa shape index (κ1) is 19.1. The molecule has 0 spiro atoms. The average molecular weight is 397 g/mol. The number of nitrogens with one attached hydrogen (secondary N) is 2. The number of hydrogen-bond donors (Lipinski definition) is 2. The van der Waals surface area contributed by atoms with Gasteiger partial charge in [0.25, 0.3) is 11.6 Å². The van der Waals surface area contributed by atoms with E-state index in [0.717, 1.165) is 11.3 Å². The van der Waals surface area contributed by atoms with Gasteiger partial charge in [-0.1, -0.05) is 18.3 Å². The van der Waals surface area contributed by atoms with Crippen molar-refractivity contribution < 1.29 is 14.5 Å². The Morgan fingerprint density at radius 2 is 1.71 bits per heavy atom. The van der Waals surface area contributed by atoms with Gasteiger partial charge in [0.15, 0.2) is 0 Å². The predicted octanol–water partition coefficient (Wildman–Crippen LogP) is 3.71. The lowest BCUT2D eigenvalue weighted by atomic mass is 10.2. The first-order chi connectivity index (χ1) is 13.5. The molecule has 142 valence electrons. The molecule has 0 aliphatic heterocycles. The van der Waals surface area contributed by atoms with Crippen molar-refractivity contribution >= 4 is 39.7 Å². The van der Waals surface area contributed by atoms with Crippen LogP contribution >= 0.6 is 11.3 Å². The first-order valence-corrected chi connectivity index (χ1v) is 9.07. The van der Waals surface area contributed by atoms with Crippen molar-refractivity contribution in [2.45, 2.75) is 13.3 Å². The van der Waals surface area contributed by atoms with Crippen LogP contribution in [0.15, 0.2) is 48.5 Å². The summed E-state index contributed by atoms with van der Waals surface area (Å²) in [7, 11) is 0. The summed E-state index contributed by atoms with van der Waals surface area (Å²) < 4.78 is 0. The summed E-state index contributed by atoms with van der Waals surface area (Å²) >= 11 is 1.16. The van der Waals surface area contributed by atoms with E-state index >= 15 is 0 Å². The molecule has 10 heteroatoms. The molecule has 0 bridgehead atoms. The predicted molar refractivity (Wildman–Crippen MR) is 105 cm³/mol. The molecule has 1 heterocycles. The van der Waals surface area contributed by atoms with Crippen LogP contribution in [0.3, 0.4) is 0 Å². The van der Waals surface area contributed by atoms with Crippen LogP contribution in [-0.2, 0) is 4.79 Å². The van der Waals surface area contributed by atoms with E-state index in [9.17, 15) is 19.7 Å². The number of nitro benzene ring substituents is 1.